The van der Waals surface area contributed by atoms with Crippen molar-refractivity contribution in [3.8, 4) is 28.6 Å². The first-order valence-corrected chi connectivity index (χ1v) is 6.14. The van der Waals surface area contributed by atoms with Gasteiger partial charge in [-0.15, -0.1) is 0 Å². The first kappa shape index (κ1) is 12.9. The van der Waals surface area contributed by atoms with Gasteiger partial charge < -0.3 is 14.2 Å². The summed E-state index contributed by atoms with van der Waals surface area (Å²) < 4.78 is 20.3. The second-order valence-electron chi connectivity index (χ2n) is 3.28. The van der Waals surface area contributed by atoms with Crippen LogP contribution in [-0.4, -0.2) is 30.7 Å². The van der Waals surface area contributed by atoms with Gasteiger partial charge in [-0.3, -0.25) is 0 Å². The molecule has 0 aliphatic rings. The molecular weight excluding hydrogens is 276 g/mol. The zero-order valence-electron chi connectivity index (χ0n) is 10.1. The molecule has 0 saturated carbocycles. The number of benzene rings is 1. The van der Waals surface area contributed by atoms with Crippen molar-refractivity contribution >= 4 is 23.1 Å². The van der Waals surface area contributed by atoms with Gasteiger partial charge in [0.25, 0.3) is 0 Å². The third-order valence-corrected chi connectivity index (χ3v) is 3.14. The molecule has 0 amide bonds. The van der Waals surface area contributed by atoms with Crippen LogP contribution >= 0.6 is 23.1 Å². The van der Waals surface area contributed by atoms with E-state index in [0.29, 0.717) is 33.1 Å². The summed E-state index contributed by atoms with van der Waals surface area (Å²) in [5, 5.41) is 0. The van der Waals surface area contributed by atoms with Crippen LogP contribution in [0.2, 0.25) is 4.47 Å². The van der Waals surface area contributed by atoms with Crippen molar-refractivity contribution < 1.29 is 14.2 Å². The van der Waals surface area contributed by atoms with Crippen molar-refractivity contribution in [3.05, 3.63) is 16.6 Å². The lowest BCUT2D eigenvalue weighted by Gasteiger charge is -2.12. The number of hydrogen-bond acceptors (Lipinski definition) is 6. The fourth-order valence-electron chi connectivity index (χ4n) is 1.53. The molecule has 0 N–H and O–H groups in total. The number of nitrogens with zero attached hydrogens (tertiary/aromatic N) is 2. The Labute approximate surface area is 113 Å². The molecule has 96 valence electrons. The number of methoxy groups -OCH3 is 3. The second-order valence-corrected chi connectivity index (χ2v) is 4.61. The molecule has 18 heavy (non-hydrogen) atoms. The van der Waals surface area contributed by atoms with E-state index < -0.39 is 0 Å². The van der Waals surface area contributed by atoms with Crippen molar-refractivity contribution in [2.45, 2.75) is 0 Å². The van der Waals surface area contributed by atoms with Crippen LogP contribution in [0.25, 0.3) is 11.4 Å². The first-order valence-electron chi connectivity index (χ1n) is 4.99. The number of aromatic nitrogens is 2. The standard InChI is InChI=1S/C11H11ClN2O3S/c1-15-6-4-7(16-2)9(8(5-6)17-3)10-13-11(12)18-14-10/h4-5H,1-3H3. The highest BCUT2D eigenvalue weighted by Gasteiger charge is 2.19. The molecule has 2 rings (SSSR count). The van der Waals surface area contributed by atoms with Gasteiger partial charge >= 0.3 is 0 Å². The van der Waals surface area contributed by atoms with E-state index in [1.807, 2.05) is 0 Å². The highest BCUT2D eigenvalue weighted by atomic mass is 35.5. The lowest BCUT2D eigenvalue weighted by atomic mass is 10.1. The number of halogens is 1. The van der Waals surface area contributed by atoms with E-state index in [9.17, 15) is 0 Å². The van der Waals surface area contributed by atoms with Crippen molar-refractivity contribution in [2.75, 3.05) is 21.3 Å². The van der Waals surface area contributed by atoms with Gasteiger partial charge in [0.2, 0.25) is 4.47 Å². The Morgan fingerprint density at radius 1 is 1.06 bits per heavy atom. The minimum atomic E-state index is 0.366. The molecule has 0 saturated heterocycles. The van der Waals surface area contributed by atoms with Crippen LogP contribution in [0.3, 0.4) is 0 Å². The Balaban J connectivity index is 2.63. The largest absolute Gasteiger partial charge is 0.496 e. The van der Waals surface area contributed by atoms with Crippen LogP contribution in [-0.2, 0) is 0 Å². The smallest absolute Gasteiger partial charge is 0.203 e. The molecule has 0 unspecified atom stereocenters. The average Bonchev–Trinajstić information content (AvgIpc) is 2.83. The van der Waals surface area contributed by atoms with E-state index in [1.165, 1.54) is 0 Å². The molecule has 7 heteroatoms. The van der Waals surface area contributed by atoms with Gasteiger partial charge in [0.1, 0.15) is 22.8 Å². The molecule has 0 fully saturated rings. The summed E-state index contributed by atoms with van der Waals surface area (Å²) in [6, 6.07) is 3.49. The average molecular weight is 287 g/mol. The summed E-state index contributed by atoms with van der Waals surface area (Å²) in [5.74, 6) is 2.25. The Kier molecular flexibility index (Phi) is 3.88. The van der Waals surface area contributed by atoms with E-state index in [-0.39, 0.29) is 0 Å². The molecule has 0 radical (unpaired) electrons. The Morgan fingerprint density at radius 3 is 2.06 bits per heavy atom. The monoisotopic (exact) mass is 286 g/mol. The topological polar surface area (TPSA) is 53.5 Å². The van der Waals surface area contributed by atoms with Gasteiger partial charge in [-0.25, -0.2) is 4.98 Å². The maximum absolute atomic E-state index is 5.80. The van der Waals surface area contributed by atoms with Crippen molar-refractivity contribution in [3.63, 3.8) is 0 Å². The van der Waals surface area contributed by atoms with Gasteiger partial charge in [0, 0.05) is 12.1 Å². The molecule has 2 aromatic rings. The third kappa shape index (κ3) is 2.34. The Hall–Kier alpha value is -1.53. The molecule has 0 atom stereocenters. The lowest BCUT2D eigenvalue weighted by Crippen LogP contribution is -1.96. The van der Waals surface area contributed by atoms with Crippen LogP contribution in [0.15, 0.2) is 12.1 Å². The molecule has 0 spiro atoms. The Morgan fingerprint density at radius 2 is 1.67 bits per heavy atom. The molecule has 5 nitrogen and oxygen atoms in total. The zero-order chi connectivity index (χ0) is 13.1. The quantitative estimate of drug-likeness (QED) is 0.865. The minimum absolute atomic E-state index is 0.366. The predicted molar refractivity (Wildman–Crippen MR) is 70.0 cm³/mol. The maximum Gasteiger partial charge on any atom is 0.203 e. The SMILES string of the molecule is COc1cc(OC)c(-c2nsc(Cl)n2)c(OC)c1. The summed E-state index contributed by atoms with van der Waals surface area (Å²) in [7, 11) is 4.70. The molecule has 0 aliphatic carbocycles. The zero-order valence-corrected chi connectivity index (χ0v) is 11.6. The third-order valence-electron chi connectivity index (χ3n) is 2.34. The Bertz CT molecular complexity index is 534. The van der Waals surface area contributed by atoms with E-state index in [0.717, 1.165) is 11.5 Å². The van der Waals surface area contributed by atoms with Gasteiger partial charge in [0.05, 0.1) is 21.3 Å². The number of ether oxygens (including phenoxy) is 3. The van der Waals surface area contributed by atoms with E-state index in [1.54, 1.807) is 33.5 Å². The molecular formula is C11H11ClN2O3S. The van der Waals surface area contributed by atoms with Gasteiger partial charge in [0.15, 0.2) is 5.82 Å². The number of hydrogen-bond donors (Lipinski definition) is 0. The fourth-order valence-corrected chi connectivity index (χ4v) is 2.14. The van der Waals surface area contributed by atoms with Crippen LogP contribution in [0.1, 0.15) is 0 Å². The van der Waals surface area contributed by atoms with E-state index in [4.69, 9.17) is 25.8 Å². The second kappa shape index (κ2) is 5.41. The number of rotatable bonds is 4. The van der Waals surface area contributed by atoms with Crippen molar-refractivity contribution in [1.82, 2.24) is 9.36 Å². The lowest BCUT2D eigenvalue weighted by molar-refractivity contribution is 0.377. The summed E-state index contributed by atoms with van der Waals surface area (Å²) in [5.41, 5.74) is 0.656. The molecule has 1 heterocycles. The maximum atomic E-state index is 5.80. The van der Waals surface area contributed by atoms with Crippen molar-refractivity contribution in [2.24, 2.45) is 0 Å². The molecule has 1 aromatic heterocycles. The predicted octanol–water partition coefficient (Wildman–Crippen LogP) is 2.88. The fraction of sp³-hybridized carbons (Fsp3) is 0.273. The van der Waals surface area contributed by atoms with Crippen LogP contribution in [0, 0.1) is 0 Å². The highest BCUT2D eigenvalue weighted by Crippen LogP contribution is 2.41. The molecule has 0 aliphatic heterocycles. The summed E-state index contributed by atoms with van der Waals surface area (Å²) in [4.78, 5) is 4.13. The van der Waals surface area contributed by atoms with Gasteiger partial charge in [-0.2, -0.15) is 4.37 Å². The summed E-state index contributed by atoms with van der Waals surface area (Å²) in [6.07, 6.45) is 0. The van der Waals surface area contributed by atoms with Crippen LogP contribution in [0.4, 0.5) is 0 Å². The van der Waals surface area contributed by atoms with Crippen LogP contribution in [0.5, 0.6) is 17.2 Å². The van der Waals surface area contributed by atoms with Gasteiger partial charge in [-0.05, 0) is 23.1 Å². The van der Waals surface area contributed by atoms with Crippen molar-refractivity contribution in [1.29, 1.82) is 0 Å². The normalized spacial score (nSPS) is 10.2. The summed E-state index contributed by atoms with van der Waals surface area (Å²) in [6.45, 7) is 0. The van der Waals surface area contributed by atoms with E-state index >= 15 is 0 Å². The summed E-state index contributed by atoms with van der Waals surface area (Å²) >= 11 is 6.91. The molecule has 1 aromatic carbocycles. The molecule has 0 bridgehead atoms. The van der Waals surface area contributed by atoms with E-state index in [2.05, 4.69) is 9.36 Å². The van der Waals surface area contributed by atoms with Gasteiger partial charge in [-0.1, -0.05) is 0 Å². The van der Waals surface area contributed by atoms with Crippen LogP contribution < -0.4 is 14.2 Å². The minimum Gasteiger partial charge on any atom is -0.496 e. The highest BCUT2D eigenvalue weighted by molar-refractivity contribution is 7.10. The first-order chi connectivity index (χ1) is 8.69.